The van der Waals surface area contributed by atoms with Crippen LogP contribution in [0.2, 0.25) is 0 Å². The first-order valence-corrected chi connectivity index (χ1v) is 12.7. The molecular weight excluding hydrogens is 464 g/mol. The summed E-state index contributed by atoms with van der Waals surface area (Å²) in [7, 11) is 0. The number of nitrogens with zero attached hydrogens (tertiary/aromatic N) is 3. The fourth-order valence-corrected chi connectivity index (χ4v) is 5.47. The summed E-state index contributed by atoms with van der Waals surface area (Å²) in [6.45, 7) is 4.24. The Morgan fingerprint density at radius 1 is 1.24 bits per heavy atom. The van der Waals surface area contributed by atoms with Gasteiger partial charge < -0.3 is 5.32 Å². The van der Waals surface area contributed by atoms with Gasteiger partial charge in [0.25, 0.3) is 5.56 Å². The minimum atomic E-state index is -0.183. The summed E-state index contributed by atoms with van der Waals surface area (Å²) in [5, 5.41) is 14.5. The predicted molar refractivity (Wildman–Crippen MR) is 139 cm³/mol. The van der Waals surface area contributed by atoms with E-state index in [2.05, 4.69) is 16.4 Å². The van der Waals surface area contributed by atoms with Crippen LogP contribution >= 0.6 is 23.1 Å². The number of hydrogen-bond acceptors (Lipinski definition) is 6. The number of nitrogens with one attached hydrogen (secondary N) is 1. The van der Waals surface area contributed by atoms with Crippen molar-refractivity contribution in [3.8, 4) is 17.2 Å². The first kappa shape index (κ1) is 23.7. The van der Waals surface area contributed by atoms with Gasteiger partial charge in [-0.15, -0.1) is 23.1 Å². The summed E-state index contributed by atoms with van der Waals surface area (Å²) in [5.41, 5.74) is 3.57. The standard InChI is InChI=1S/C26H24N4O2S2/c1-17-7-9-19(10-8-17)20-15-33-25-24(20)26(32)30(16-28-25)14-12-23(31)29-21-5-3-4-6-22(21)34-18(2)11-13-27/h3-10,15-16,18H,11-12,14H2,1-2H3,(H,29,31). The van der Waals surface area contributed by atoms with Crippen molar-refractivity contribution in [3.05, 3.63) is 76.2 Å². The van der Waals surface area contributed by atoms with Gasteiger partial charge in [-0.2, -0.15) is 5.26 Å². The number of rotatable bonds is 8. The van der Waals surface area contributed by atoms with Gasteiger partial charge in [0.15, 0.2) is 0 Å². The number of aryl methyl sites for hydroxylation is 2. The SMILES string of the molecule is Cc1ccc(-c2csc3ncn(CCC(=O)Nc4ccccc4SC(C)CC#N)c(=O)c23)cc1. The Balaban J connectivity index is 1.49. The second kappa shape index (κ2) is 10.7. The Morgan fingerprint density at radius 2 is 2.00 bits per heavy atom. The van der Waals surface area contributed by atoms with Crippen molar-refractivity contribution in [2.75, 3.05) is 5.32 Å². The van der Waals surface area contributed by atoms with E-state index >= 15 is 0 Å². The zero-order valence-corrected chi connectivity index (χ0v) is 20.6. The lowest BCUT2D eigenvalue weighted by Crippen LogP contribution is -2.23. The van der Waals surface area contributed by atoms with Gasteiger partial charge in [0.2, 0.25) is 5.91 Å². The number of nitriles is 1. The van der Waals surface area contributed by atoms with Crippen LogP contribution in [0.3, 0.4) is 0 Å². The summed E-state index contributed by atoms with van der Waals surface area (Å²) in [5.74, 6) is -0.183. The molecule has 1 atom stereocenters. The monoisotopic (exact) mass is 488 g/mol. The number of para-hydroxylation sites is 1. The summed E-state index contributed by atoms with van der Waals surface area (Å²) in [6, 6.07) is 17.8. The molecule has 2 heterocycles. The molecule has 4 aromatic rings. The van der Waals surface area contributed by atoms with Crippen LogP contribution in [-0.2, 0) is 11.3 Å². The number of carbonyl (C=O) groups is 1. The van der Waals surface area contributed by atoms with Crippen molar-refractivity contribution in [2.45, 2.75) is 43.4 Å². The Hall–Kier alpha value is -3.41. The number of amides is 1. The largest absolute Gasteiger partial charge is 0.325 e. The lowest BCUT2D eigenvalue weighted by molar-refractivity contribution is -0.116. The zero-order valence-electron chi connectivity index (χ0n) is 18.9. The van der Waals surface area contributed by atoms with Gasteiger partial charge in [-0.25, -0.2) is 4.98 Å². The summed E-state index contributed by atoms with van der Waals surface area (Å²) in [6.07, 6.45) is 2.09. The molecular formula is C26H24N4O2S2. The third kappa shape index (κ3) is 5.38. The molecule has 6 nitrogen and oxygen atoms in total. The van der Waals surface area contributed by atoms with Gasteiger partial charge in [-0.3, -0.25) is 14.2 Å². The fourth-order valence-electron chi connectivity index (χ4n) is 3.57. The molecule has 0 fully saturated rings. The number of thioether (sulfide) groups is 1. The van der Waals surface area contributed by atoms with Crippen LogP contribution in [0.4, 0.5) is 5.69 Å². The second-order valence-electron chi connectivity index (χ2n) is 8.02. The van der Waals surface area contributed by atoms with E-state index in [4.69, 9.17) is 5.26 Å². The van der Waals surface area contributed by atoms with Crippen molar-refractivity contribution < 1.29 is 4.79 Å². The first-order chi connectivity index (χ1) is 16.5. The molecule has 2 aromatic heterocycles. The van der Waals surface area contributed by atoms with E-state index in [9.17, 15) is 9.59 Å². The molecule has 0 radical (unpaired) electrons. The molecule has 0 bridgehead atoms. The minimum absolute atomic E-state index is 0.118. The van der Waals surface area contributed by atoms with Crippen LogP contribution in [0.15, 0.2) is 69.9 Å². The summed E-state index contributed by atoms with van der Waals surface area (Å²) in [4.78, 5) is 32.0. The highest BCUT2D eigenvalue weighted by Crippen LogP contribution is 2.32. The van der Waals surface area contributed by atoms with Crippen LogP contribution in [-0.4, -0.2) is 20.7 Å². The van der Waals surface area contributed by atoms with Crippen molar-refractivity contribution in [2.24, 2.45) is 0 Å². The maximum absolute atomic E-state index is 13.2. The highest BCUT2D eigenvalue weighted by atomic mass is 32.2. The third-order valence-electron chi connectivity index (χ3n) is 5.37. The summed E-state index contributed by atoms with van der Waals surface area (Å²) < 4.78 is 1.50. The lowest BCUT2D eigenvalue weighted by atomic mass is 10.1. The molecule has 0 saturated carbocycles. The molecule has 8 heteroatoms. The molecule has 1 amide bonds. The van der Waals surface area contributed by atoms with Crippen LogP contribution < -0.4 is 10.9 Å². The van der Waals surface area contributed by atoms with E-state index in [-0.39, 0.29) is 29.7 Å². The number of aromatic nitrogens is 2. The predicted octanol–water partition coefficient (Wildman–Crippen LogP) is 5.86. The normalized spacial score (nSPS) is 11.8. The fraction of sp³-hybridized carbons (Fsp3) is 0.231. The number of carbonyl (C=O) groups excluding carboxylic acids is 1. The van der Waals surface area contributed by atoms with E-state index in [1.165, 1.54) is 22.2 Å². The highest BCUT2D eigenvalue weighted by Gasteiger charge is 2.15. The smallest absolute Gasteiger partial charge is 0.262 e. The van der Waals surface area contributed by atoms with Gasteiger partial charge in [0.1, 0.15) is 4.83 Å². The molecule has 0 aliphatic carbocycles. The van der Waals surface area contributed by atoms with Gasteiger partial charge in [0, 0.05) is 40.5 Å². The Bertz CT molecular complexity index is 1420. The maximum Gasteiger partial charge on any atom is 0.262 e. The van der Waals surface area contributed by atoms with Crippen molar-refractivity contribution >= 4 is 44.9 Å². The Kier molecular flexibility index (Phi) is 7.46. The summed E-state index contributed by atoms with van der Waals surface area (Å²) >= 11 is 3.00. The average Bonchev–Trinajstić information content (AvgIpc) is 3.25. The zero-order chi connectivity index (χ0) is 24.1. The average molecular weight is 489 g/mol. The molecule has 0 spiro atoms. The van der Waals surface area contributed by atoms with E-state index in [1.807, 2.05) is 67.8 Å². The highest BCUT2D eigenvalue weighted by molar-refractivity contribution is 8.00. The van der Waals surface area contributed by atoms with E-state index in [0.29, 0.717) is 22.3 Å². The molecule has 1 N–H and O–H groups in total. The number of fused-ring (bicyclic) bond motifs is 1. The maximum atomic E-state index is 13.2. The number of hydrogen-bond donors (Lipinski definition) is 1. The molecule has 1 unspecified atom stereocenters. The van der Waals surface area contributed by atoms with Crippen LogP contribution in [0.5, 0.6) is 0 Å². The van der Waals surface area contributed by atoms with Crippen LogP contribution in [0.1, 0.15) is 25.3 Å². The molecule has 34 heavy (non-hydrogen) atoms. The van der Waals surface area contributed by atoms with Crippen LogP contribution in [0.25, 0.3) is 21.3 Å². The quantitative estimate of drug-likeness (QED) is 0.314. The molecule has 172 valence electrons. The first-order valence-electron chi connectivity index (χ1n) is 10.9. The Labute approximate surface area is 206 Å². The van der Waals surface area contributed by atoms with Gasteiger partial charge in [0.05, 0.1) is 23.5 Å². The molecule has 0 aliphatic heterocycles. The van der Waals surface area contributed by atoms with E-state index in [0.717, 1.165) is 21.6 Å². The second-order valence-corrected chi connectivity index (χ2v) is 10.4. The molecule has 0 aliphatic rings. The van der Waals surface area contributed by atoms with Crippen molar-refractivity contribution in [1.29, 1.82) is 5.26 Å². The minimum Gasteiger partial charge on any atom is -0.325 e. The van der Waals surface area contributed by atoms with Gasteiger partial charge in [-0.1, -0.05) is 48.9 Å². The van der Waals surface area contributed by atoms with E-state index in [1.54, 1.807) is 11.8 Å². The van der Waals surface area contributed by atoms with Crippen LogP contribution in [0, 0.1) is 18.3 Å². The molecule has 0 saturated heterocycles. The van der Waals surface area contributed by atoms with Gasteiger partial charge in [-0.05, 0) is 24.6 Å². The Morgan fingerprint density at radius 3 is 2.76 bits per heavy atom. The lowest BCUT2D eigenvalue weighted by Gasteiger charge is -2.13. The molecule has 2 aromatic carbocycles. The number of benzene rings is 2. The third-order valence-corrected chi connectivity index (χ3v) is 7.44. The molecule has 4 rings (SSSR count). The topological polar surface area (TPSA) is 87.8 Å². The van der Waals surface area contributed by atoms with Gasteiger partial charge >= 0.3 is 0 Å². The number of anilines is 1. The number of thiophene rings is 1. The van der Waals surface area contributed by atoms with E-state index < -0.39 is 0 Å². The van der Waals surface area contributed by atoms with Crippen molar-refractivity contribution in [1.82, 2.24) is 9.55 Å². The van der Waals surface area contributed by atoms with Crippen molar-refractivity contribution in [3.63, 3.8) is 0 Å².